The highest BCUT2D eigenvalue weighted by Crippen LogP contribution is 2.31. The molecule has 1 aliphatic heterocycles. The molecule has 0 bridgehead atoms. The lowest BCUT2D eigenvalue weighted by Crippen LogP contribution is -2.44. The van der Waals surface area contributed by atoms with Crippen molar-refractivity contribution in [2.24, 2.45) is 5.92 Å². The van der Waals surface area contributed by atoms with Crippen molar-refractivity contribution < 1.29 is 14.3 Å². The molecule has 2 aliphatic rings. The van der Waals surface area contributed by atoms with Crippen LogP contribution in [0.3, 0.4) is 0 Å². The molecule has 5 heteroatoms. The predicted molar refractivity (Wildman–Crippen MR) is 88.5 cm³/mol. The molecule has 124 valence electrons. The molecule has 1 fully saturated rings. The van der Waals surface area contributed by atoms with Crippen LogP contribution in [0.25, 0.3) is 0 Å². The molecule has 2 amide bonds. The molecule has 5 nitrogen and oxygen atoms in total. The van der Waals surface area contributed by atoms with Gasteiger partial charge in [-0.05, 0) is 30.9 Å². The zero-order valence-electron chi connectivity index (χ0n) is 13.6. The van der Waals surface area contributed by atoms with Gasteiger partial charge in [-0.2, -0.15) is 0 Å². The molecule has 1 heterocycles. The molecule has 0 saturated heterocycles. The van der Waals surface area contributed by atoms with Gasteiger partial charge in [0.25, 0.3) is 5.91 Å². The predicted octanol–water partition coefficient (Wildman–Crippen LogP) is 2.50. The Morgan fingerprint density at radius 2 is 2.09 bits per heavy atom. The highest BCUT2D eigenvalue weighted by molar-refractivity contribution is 5.98. The summed E-state index contributed by atoms with van der Waals surface area (Å²) in [7, 11) is 0. The van der Waals surface area contributed by atoms with E-state index in [0.717, 1.165) is 12.1 Å². The highest BCUT2D eigenvalue weighted by atomic mass is 16.5. The van der Waals surface area contributed by atoms with E-state index in [9.17, 15) is 9.59 Å². The van der Waals surface area contributed by atoms with Crippen molar-refractivity contribution in [1.82, 2.24) is 5.32 Å². The smallest absolute Gasteiger partial charge is 0.265 e. The van der Waals surface area contributed by atoms with Crippen molar-refractivity contribution in [2.75, 3.05) is 18.1 Å². The zero-order chi connectivity index (χ0) is 16.2. The van der Waals surface area contributed by atoms with Crippen LogP contribution in [0.15, 0.2) is 24.3 Å². The normalized spacial score (nSPS) is 23.9. The van der Waals surface area contributed by atoms with Crippen LogP contribution in [0, 0.1) is 5.92 Å². The Balaban J connectivity index is 1.57. The van der Waals surface area contributed by atoms with Gasteiger partial charge in [0.05, 0.1) is 5.69 Å². The Morgan fingerprint density at radius 3 is 2.91 bits per heavy atom. The summed E-state index contributed by atoms with van der Waals surface area (Å²) in [5.74, 6) is 1.18. The lowest BCUT2D eigenvalue weighted by molar-refractivity contribution is -0.122. The molecule has 0 unspecified atom stereocenters. The van der Waals surface area contributed by atoms with E-state index in [2.05, 4.69) is 12.2 Å². The molecule has 3 rings (SSSR count). The molecular formula is C18H24N2O3. The van der Waals surface area contributed by atoms with Crippen LogP contribution in [0.4, 0.5) is 5.69 Å². The van der Waals surface area contributed by atoms with Crippen molar-refractivity contribution >= 4 is 17.5 Å². The van der Waals surface area contributed by atoms with Crippen molar-refractivity contribution in [1.29, 1.82) is 0 Å². The van der Waals surface area contributed by atoms with Crippen molar-refractivity contribution in [3.63, 3.8) is 0 Å². The highest BCUT2D eigenvalue weighted by Gasteiger charge is 2.27. The Labute approximate surface area is 137 Å². The monoisotopic (exact) mass is 316 g/mol. The van der Waals surface area contributed by atoms with E-state index in [1.165, 1.54) is 19.3 Å². The van der Waals surface area contributed by atoms with E-state index in [4.69, 9.17) is 4.74 Å². The first-order chi connectivity index (χ1) is 11.1. The van der Waals surface area contributed by atoms with Gasteiger partial charge in [-0.15, -0.1) is 0 Å². The summed E-state index contributed by atoms with van der Waals surface area (Å²) in [6.45, 7) is 2.64. The fourth-order valence-electron chi connectivity index (χ4n) is 3.42. The lowest BCUT2D eigenvalue weighted by Gasteiger charge is -2.31. The maximum atomic E-state index is 12.2. The summed E-state index contributed by atoms with van der Waals surface area (Å²) in [4.78, 5) is 26.0. The summed E-state index contributed by atoms with van der Waals surface area (Å²) in [6, 6.07) is 7.73. The first kappa shape index (κ1) is 15.8. The van der Waals surface area contributed by atoms with Crippen molar-refractivity contribution in [3.8, 4) is 5.75 Å². The van der Waals surface area contributed by atoms with Gasteiger partial charge in [-0.3, -0.25) is 9.59 Å². The van der Waals surface area contributed by atoms with E-state index in [-0.39, 0.29) is 24.5 Å². The van der Waals surface area contributed by atoms with Gasteiger partial charge in [0.2, 0.25) is 5.91 Å². The van der Waals surface area contributed by atoms with E-state index >= 15 is 0 Å². The number of ether oxygens (including phenoxy) is 1. The van der Waals surface area contributed by atoms with E-state index in [0.29, 0.717) is 24.6 Å². The summed E-state index contributed by atoms with van der Waals surface area (Å²) in [6.07, 6.45) is 5.01. The average molecular weight is 316 g/mol. The summed E-state index contributed by atoms with van der Waals surface area (Å²) < 4.78 is 5.42. The molecule has 23 heavy (non-hydrogen) atoms. The fraction of sp³-hybridized carbons (Fsp3) is 0.556. The molecular weight excluding hydrogens is 292 g/mol. The van der Waals surface area contributed by atoms with Crippen LogP contribution in [-0.2, 0) is 9.59 Å². The minimum absolute atomic E-state index is 0.0283. The molecule has 2 atom stereocenters. The van der Waals surface area contributed by atoms with Gasteiger partial charge in [0.1, 0.15) is 5.75 Å². The summed E-state index contributed by atoms with van der Waals surface area (Å²) in [5.41, 5.74) is 0.752. The number of rotatable bonds is 4. The van der Waals surface area contributed by atoms with Crippen molar-refractivity contribution in [3.05, 3.63) is 24.3 Å². The standard InChI is InChI=1S/C18H24N2O3/c1-13-6-2-3-7-14(13)19-17(21)10-11-20-15-8-4-5-9-16(15)23-12-18(20)22/h4-5,8-9,13-14H,2-3,6-7,10-12H2,1H3,(H,19,21)/t13-,14+/m0/s1. The molecule has 1 aromatic carbocycles. The number of carbonyl (C=O) groups is 2. The van der Waals surface area contributed by atoms with Crippen LogP contribution < -0.4 is 15.0 Å². The largest absolute Gasteiger partial charge is 0.482 e. The van der Waals surface area contributed by atoms with E-state index in [1.807, 2.05) is 24.3 Å². The number of amides is 2. The van der Waals surface area contributed by atoms with Gasteiger partial charge in [-0.25, -0.2) is 0 Å². The summed E-state index contributed by atoms with van der Waals surface area (Å²) in [5, 5.41) is 3.14. The number of para-hydroxylation sites is 2. The van der Waals surface area contributed by atoms with Crippen LogP contribution in [0.5, 0.6) is 5.75 Å². The number of fused-ring (bicyclic) bond motifs is 1. The minimum atomic E-state index is -0.0949. The third kappa shape index (κ3) is 3.66. The molecule has 0 spiro atoms. The third-order valence-corrected chi connectivity index (χ3v) is 4.83. The van der Waals surface area contributed by atoms with Crippen LogP contribution in [-0.4, -0.2) is 31.0 Å². The Hall–Kier alpha value is -2.04. The van der Waals surface area contributed by atoms with Crippen LogP contribution in [0.1, 0.15) is 39.0 Å². The number of benzene rings is 1. The first-order valence-corrected chi connectivity index (χ1v) is 8.46. The number of hydrogen-bond acceptors (Lipinski definition) is 3. The number of carbonyl (C=O) groups excluding carboxylic acids is 2. The maximum Gasteiger partial charge on any atom is 0.265 e. The maximum absolute atomic E-state index is 12.2. The van der Waals surface area contributed by atoms with E-state index in [1.54, 1.807) is 4.90 Å². The van der Waals surface area contributed by atoms with Crippen LogP contribution in [0.2, 0.25) is 0 Å². The van der Waals surface area contributed by atoms with Gasteiger partial charge in [0.15, 0.2) is 6.61 Å². The number of nitrogens with one attached hydrogen (secondary N) is 1. The SMILES string of the molecule is C[C@H]1CCCC[C@H]1NC(=O)CCN1C(=O)COc2ccccc21. The van der Waals surface area contributed by atoms with Crippen molar-refractivity contribution in [2.45, 2.75) is 45.1 Å². The first-order valence-electron chi connectivity index (χ1n) is 8.46. The molecule has 1 aromatic rings. The van der Waals surface area contributed by atoms with Gasteiger partial charge < -0.3 is 15.0 Å². The second-order valence-electron chi connectivity index (χ2n) is 6.49. The molecule has 1 saturated carbocycles. The summed E-state index contributed by atoms with van der Waals surface area (Å²) >= 11 is 0. The zero-order valence-corrected chi connectivity index (χ0v) is 13.6. The molecule has 1 N–H and O–H groups in total. The molecule has 0 aromatic heterocycles. The molecule has 1 aliphatic carbocycles. The quantitative estimate of drug-likeness (QED) is 0.928. The Morgan fingerprint density at radius 1 is 1.30 bits per heavy atom. The molecule has 0 radical (unpaired) electrons. The number of anilines is 1. The second kappa shape index (κ2) is 7.02. The fourth-order valence-corrected chi connectivity index (χ4v) is 3.42. The topological polar surface area (TPSA) is 58.6 Å². The minimum Gasteiger partial charge on any atom is -0.482 e. The number of nitrogens with zero attached hydrogens (tertiary/aromatic N) is 1. The van der Waals surface area contributed by atoms with E-state index < -0.39 is 0 Å². The Kier molecular flexibility index (Phi) is 4.84. The third-order valence-electron chi connectivity index (χ3n) is 4.83. The van der Waals surface area contributed by atoms with Gasteiger partial charge in [0, 0.05) is 19.0 Å². The average Bonchev–Trinajstić information content (AvgIpc) is 2.56. The van der Waals surface area contributed by atoms with Gasteiger partial charge in [-0.1, -0.05) is 31.9 Å². The van der Waals surface area contributed by atoms with Gasteiger partial charge >= 0.3 is 0 Å². The number of hydrogen-bond donors (Lipinski definition) is 1. The lowest BCUT2D eigenvalue weighted by atomic mass is 9.86. The van der Waals surface area contributed by atoms with Crippen LogP contribution >= 0.6 is 0 Å². The Bertz CT molecular complexity index is 587. The second-order valence-corrected chi connectivity index (χ2v) is 6.49.